The quantitative estimate of drug-likeness (QED) is 0.247. The highest BCUT2D eigenvalue weighted by Crippen LogP contribution is 2.37. The van der Waals surface area contributed by atoms with Crippen LogP contribution in [0.2, 0.25) is 0 Å². The first-order valence-electron chi connectivity index (χ1n) is 10.1. The molecule has 0 heterocycles. The van der Waals surface area contributed by atoms with Gasteiger partial charge in [0.15, 0.2) is 7.37 Å². The molecule has 1 aliphatic rings. The summed E-state index contributed by atoms with van der Waals surface area (Å²) in [5.74, 6) is 0.309. The predicted octanol–water partition coefficient (Wildman–Crippen LogP) is 2.97. The number of unbranched alkanes of at least 4 members (excludes halogenated alkanes) is 1. The van der Waals surface area contributed by atoms with Crippen LogP contribution in [0.1, 0.15) is 25.7 Å². The number of benzene rings is 1. The van der Waals surface area contributed by atoms with Gasteiger partial charge in [0.05, 0.1) is 12.2 Å². The molecular formula is C22H33O6P. The number of para-hydroxylation sites is 1. The van der Waals surface area contributed by atoms with Gasteiger partial charge in [-0.3, -0.25) is 4.57 Å². The lowest BCUT2D eigenvalue weighted by Crippen LogP contribution is -2.21. The Balaban J connectivity index is 1.81. The van der Waals surface area contributed by atoms with Gasteiger partial charge in [-0.05, 0) is 37.3 Å². The van der Waals surface area contributed by atoms with Crippen LogP contribution in [0.15, 0.2) is 54.6 Å². The summed E-state index contributed by atoms with van der Waals surface area (Å²) in [5, 5.41) is 30.7. The van der Waals surface area contributed by atoms with E-state index < -0.39 is 25.7 Å². The molecular weight excluding hydrogens is 391 g/mol. The molecule has 0 aromatic heterocycles. The molecule has 1 aliphatic carbocycles. The predicted molar refractivity (Wildman–Crippen MR) is 114 cm³/mol. The van der Waals surface area contributed by atoms with Crippen LogP contribution in [0.5, 0.6) is 5.75 Å². The van der Waals surface area contributed by atoms with Crippen molar-refractivity contribution in [2.24, 2.45) is 11.8 Å². The Morgan fingerprint density at radius 3 is 2.62 bits per heavy atom. The third kappa shape index (κ3) is 8.85. The Kier molecular flexibility index (Phi) is 9.60. The van der Waals surface area contributed by atoms with Crippen LogP contribution in [-0.2, 0) is 4.57 Å². The van der Waals surface area contributed by atoms with Gasteiger partial charge in [0.25, 0.3) is 0 Å². The molecule has 7 heteroatoms. The molecule has 1 aromatic carbocycles. The van der Waals surface area contributed by atoms with Crippen LogP contribution in [0.25, 0.3) is 0 Å². The van der Waals surface area contributed by atoms with Gasteiger partial charge in [0.1, 0.15) is 18.5 Å². The Morgan fingerprint density at radius 2 is 1.93 bits per heavy atom. The molecule has 2 rings (SSSR count). The Labute approximate surface area is 173 Å². The summed E-state index contributed by atoms with van der Waals surface area (Å²) in [5.41, 5.74) is 0. The summed E-state index contributed by atoms with van der Waals surface area (Å²) < 4.78 is 16.8. The van der Waals surface area contributed by atoms with Crippen molar-refractivity contribution >= 4 is 7.37 Å². The molecule has 162 valence electrons. The molecule has 0 aliphatic heterocycles. The number of aliphatic hydroxyl groups excluding tert-OH is 3. The molecule has 0 bridgehead atoms. The van der Waals surface area contributed by atoms with Gasteiger partial charge in [0.2, 0.25) is 0 Å². The second kappa shape index (κ2) is 11.7. The van der Waals surface area contributed by atoms with E-state index in [-0.39, 0.29) is 18.4 Å². The highest BCUT2D eigenvalue weighted by atomic mass is 31.2. The molecule has 1 unspecified atom stereocenters. The van der Waals surface area contributed by atoms with E-state index in [2.05, 4.69) is 0 Å². The minimum absolute atomic E-state index is 0.114. The zero-order valence-electron chi connectivity index (χ0n) is 16.9. The molecule has 1 fully saturated rings. The number of hydrogen-bond donors (Lipinski definition) is 4. The third-order valence-electron chi connectivity index (χ3n) is 5.15. The Hall–Kier alpha value is -1.43. The smallest absolute Gasteiger partial charge is 0.197 e. The average molecular weight is 424 g/mol. The van der Waals surface area contributed by atoms with Crippen molar-refractivity contribution in [3.05, 3.63) is 54.6 Å². The maximum atomic E-state index is 11.3. The highest BCUT2D eigenvalue weighted by molar-refractivity contribution is 7.57. The molecule has 29 heavy (non-hydrogen) atoms. The second-order valence-corrected chi connectivity index (χ2v) is 10.4. The van der Waals surface area contributed by atoms with Crippen molar-refractivity contribution in [2.75, 3.05) is 19.4 Å². The zero-order valence-corrected chi connectivity index (χ0v) is 17.8. The molecule has 0 saturated heterocycles. The molecule has 1 saturated carbocycles. The van der Waals surface area contributed by atoms with Crippen molar-refractivity contribution in [1.29, 1.82) is 0 Å². The summed E-state index contributed by atoms with van der Waals surface area (Å²) in [7, 11) is -2.96. The van der Waals surface area contributed by atoms with E-state index in [0.29, 0.717) is 37.6 Å². The van der Waals surface area contributed by atoms with Crippen LogP contribution < -0.4 is 4.74 Å². The summed E-state index contributed by atoms with van der Waals surface area (Å²) in [6.45, 7) is 1.48. The maximum Gasteiger partial charge on any atom is 0.197 e. The van der Waals surface area contributed by atoms with Crippen LogP contribution in [0, 0.1) is 11.8 Å². The van der Waals surface area contributed by atoms with E-state index in [1.807, 2.05) is 42.5 Å². The second-order valence-electron chi connectivity index (χ2n) is 7.81. The largest absolute Gasteiger partial charge is 0.491 e. The van der Waals surface area contributed by atoms with Crippen molar-refractivity contribution in [1.82, 2.24) is 0 Å². The standard InChI is InChI=1S/C22H33O6P/c1-29(26,27)14-8-3-2-7-11-19-20(22(25)15-21(19)24)13-12-17(23)16-28-18-9-5-4-6-10-18/h2,4-7,9-10,12-13,17,19-25H,3,8,11,14-16H2,1H3,(H,26,27)/b7-2-,13-12+/t17-,19-,20-,21+,22-/m1/s1. The lowest BCUT2D eigenvalue weighted by Gasteiger charge is -2.19. The fourth-order valence-corrected chi connectivity index (χ4v) is 4.36. The molecule has 1 aromatic rings. The maximum absolute atomic E-state index is 11.3. The van der Waals surface area contributed by atoms with Crippen molar-refractivity contribution < 1.29 is 29.5 Å². The SMILES string of the molecule is CP(=O)(O)CCC/C=C\C[C@@H]1[C@@H](/C=C/[C@@H](O)COc2ccccc2)[C@H](O)C[C@@H]1O. The lowest BCUT2D eigenvalue weighted by molar-refractivity contribution is 0.120. The van der Waals surface area contributed by atoms with Crippen LogP contribution in [-0.4, -0.2) is 58.0 Å². The topological polar surface area (TPSA) is 107 Å². The number of rotatable bonds is 11. The van der Waals surface area contributed by atoms with Gasteiger partial charge in [-0.25, -0.2) is 0 Å². The monoisotopic (exact) mass is 424 g/mol. The van der Waals surface area contributed by atoms with Gasteiger partial charge in [-0.1, -0.05) is 42.5 Å². The minimum Gasteiger partial charge on any atom is -0.491 e. The van der Waals surface area contributed by atoms with Crippen molar-refractivity contribution in [2.45, 2.75) is 44.0 Å². The molecule has 6 nitrogen and oxygen atoms in total. The van der Waals surface area contributed by atoms with Crippen LogP contribution in [0.4, 0.5) is 0 Å². The van der Waals surface area contributed by atoms with Crippen LogP contribution >= 0.6 is 7.37 Å². The first-order chi connectivity index (χ1) is 13.8. The minimum atomic E-state index is -2.96. The van der Waals surface area contributed by atoms with E-state index in [9.17, 15) is 24.8 Å². The lowest BCUT2D eigenvalue weighted by atomic mass is 9.89. The number of hydrogen-bond acceptors (Lipinski definition) is 5. The third-order valence-corrected chi connectivity index (χ3v) is 6.30. The molecule has 0 radical (unpaired) electrons. The van der Waals surface area contributed by atoms with Crippen molar-refractivity contribution in [3.8, 4) is 5.75 Å². The Morgan fingerprint density at radius 1 is 1.21 bits per heavy atom. The van der Waals surface area contributed by atoms with E-state index in [1.165, 1.54) is 6.66 Å². The van der Waals surface area contributed by atoms with Gasteiger partial charge in [0, 0.05) is 25.2 Å². The van der Waals surface area contributed by atoms with E-state index in [4.69, 9.17) is 4.74 Å². The summed E-state index contributed by atoms with van der Waals surface area (Å²) >= 11 is 0. The normalized spacial score (nSPS) is 28.0. The van der Waals surface area contributed by atoms with E-state index in [0.717, 1.165) is 0 Å². The number of allylic oxidation sites excluding steroid dienone is 2. The molecule has 4 N–H and O–H groups in total. The zero-order chi connectivity index (χ0) is 21.3. The van der Waals surface area contributed by atoms with Gasteiger partial charge >= 0.3 is 0 Å². The first-order valence-corrected chi connectivity index (χ1v) is 12.4. The van der Waals surface area contributed by atoms with Gasteiger partial charge < -0.3 is 24.9 Å². The number of ether oxygens (including phenoxy) is 1. The fourth-order valence-electron chi connectivity index (χ4n) is 3.59. The van der Waals surface area contributed by atoms with Crippen molar-refractivity contribution in [3.63, 3.8) is 0 Å². The molecule has 6 atom stereocenters. The number of aliphatic hydroxyl groups is 3. The summed E-state index contributed by atoms with van der Waals surface area (Å²) in [6.07, 6.45) is 7.82. The summed E-state index contributed by atoms with van der Waals surface area (Å²) in [6, 6.07) is 9.23. The first kappa shape index (κ1) is 23.8. The van der Waals surface area contributed by atoms with Gasteiger partial charge in [-0.15, -0.1) is 0 Å². The molecule has 0 amide bonds. The fraction of sp³-hybridized carbons (Fsp3) is 0.545. The Bertz CT molecular complexity index is 699. The molecule has 0 spiro atoms. The highest BCUT2D eigenvalue weighted by Gasteiger charge is 2.39. The van der Waals surface area contributed by atoms with E-state index >= 15 is 0 Å². The summed E-state index contributed by atoms with van der Waals surface area (Å²) in [4.78, 5) is 9.29. The van der Waals surface area contributed by atoms with Crippen LogP contribution in [0.3, 0.4) is 0 Å². The average Bonchev–Trinajstić information content (AvgIpc) is 2.93. The van der Waals surface area contributed by atoms with E-state index in [1.54, 1.807) is 12.2 Å². The van der Waals surface area contributed by atoms with Gasteiger partial charge in [-0.2, -0.15) is 0 Å².